The molecule has 1 saturated heterocycles. The van der Waals surface area contributed by atoms with Gasteiger partial charge in [0.1, 0.15) is 0 Å². The first kappa shape index (κ1) is 9.96. The van der Waals surface area contributed by atoms with Crippen molar-refractivity contribution in [3.05, 3.63) is 0 Å². The van der Waals surface area contributed by atoms with Crippen LogP contribution in [0.15, 0.2) is 0 Å². The lowest BCUT2D eigenvalue weighted by Gasteiger charge is -2.41. The number of aliphatic hydroxyl groups is 1. The molecule has 0 saturated carbocycles. The molecule has 0 aromatic heterocycles. The Hall–Kier alpha value is -0.120. The maximum absolute atomic E-state index is 10.0. The maximum atomic E-state index is 10.0. The fraction of sp³-hybridized carbons (Fsp3) is 1.00. The minimum absolute atomic E-state index is 0.362. The van der Waals surface area contributed by atoms with Crippen LogP contribution in [0.2, 0.25) is 0 Å². The Balaban J connectivity index is 2.52. The molecular formula is C9H20N2O. The van der Waals surface area contributed by atoms with Gasteiger partial charge in [-0.25, -0.2) is 0 Å². The standard InChI is InChI=1S/C9H20N2O/c1-9(12)4-5-11(3)7-8(9)6-10-2/h8,10,12H,4-7H2,1-3H3. The third-order valence-electron chi connectivity index (χ3n) is 2.86. The van der Waals surface area contributed by atoms with Crippen LogP contribution < -0.4 is 5.32 Å². The smallest absolute Gasteiger partial charge is 0.0684 e. The van der Waals surface area contributed by atoms with Gasteiger partial charge in [-0.15, -0.1) is 0 Å². The molecule has 0 radical (unpaired) electrons. The molecule has 1 heterocycles. The predicted octanol–water partition coefficient (Wildman–Crippen LogP) is -0.0915. The van der Waals surface area contributed by atoms with Crippen LogP contribution >= 0.6 is 0 Å². The number of likely N-dealkylation sites (tertiary alicyclic amines) is 1. The van der Waals surface area contributed by atoms with E-state index in [0.717, 1.165) is 26.1 Å². The largest absolute Gasteiger partial charge is 0.390 e. The van der Waals surface area contributed by atoms with E-state index in [9.17, 15) is 5.11 Å². The maximum Gasteiger partial charge on any atom is 0.0684 e. The second-order valence-electron chi connectivity index (χ2n) is 4.12. The average molecular weight is 172 g/mol. The average Bonchev–Trinajstić information content (AvgIpc) is 1.98. The van der Waals surface area contributed by atoms with E-state index in [1.165, 1.54) is 0 Å². The van der Waals surface area contributed by atoms with Gasteiger partial charge in [-0.2, -0.15) is 0 Å². The monoisotopic (exact) mass is 172 g/mol. The van der Waals surface area contributed by atoms with Crippen molar-refractivity contribution in [2.75, 3.05) is 33.7 Å². The van der Waals surface area contributed by atoms with Gasteiger partial charge in [-0.05, 0) is 27.4 Å². The Kier molecular flexibility index (Phi) is 3.09. The van der Waals surface area contributed by atoms with Crippen LogP contribution in [0.5, 0.6) is 0 Å². The van der Waals surface area contributed by atoms with Gasteiger partial charge in [0.2, 0.25) is 0 Å². The van der Waals surface area contributed by atoms with Crippen LogP contribution in [0, 0.1) is 5.92 Å². The summed E-state index contributed by atoms with van der Waals surface area (Å²) in [6, 6.07) is 0. The second-order valence-corrected chi connectivity index (χ2v) is 4.12. The van der Waals surface area contributed by atoms with Crippen LogP contribution in [0.1, 0.15) is 13.3 Å². The number of nitrogens with zero attached hydrogens (tertiary/aromatic N) is 1. The molecule has 0 bridgehead atoms. The lowest BCUT2D eigenvalue weighted by molar-refractivity contribution is -0.0507. The molecule has 1 aliphatic rings. The zero-order chi connectivity index (χ0) is 9.19. The summed E-state index contributed by atoms with van der Waals surface area (Å²) in [5.74, 6) is 0.362. The molecule has 1 aliphatic heterocycles. The number of rotatable bonds is 2. The zero-order valence-corrected chi connectivity index (χ0v) is 8.30. The van der Waals surface area contributed by atoms with Gasteiger partial charge in [0, 0.05) is 25.6 Å². The molecule has 1 rings (SSSR count). The zero-order valence-electron chi connectivity index (χ0n) is 8.30. The molecular weight excluding hydrogens is 152 g/mol. The number of hydrogen-bond donors (Lipinski definition) is 2. The topological polar surface area (TPSA) is 35.5 Å². The Morgan fingerprint density at radius 1 is 1.67 bits per heavy atom. The summed E-state index contributed by atoms with van der Waals surface area (Å²) in [4.78, 5) is 2.28. The highest BCUT2D eigenvalue weighted by Gasteiger charge is 2.35. The van der Waals surface area contributed by atoms with Gasteiger partial charge in [-0.1, -0.05) is 0 Å². The van der Waals surface area contributed by atoms with Gasteiger partial charge in [0.15, 0.2) is 0 Å². The minimum Gasteiger partial charge on any atom is -0.390 e. The van der Waals surface area contributed by atoms with E-state index in [0.29, 0.717) is 5.92 Å². The van der Waals surface area contributed by atoms with Crippen molar-refractivity contribution >= 4 is 0 Å². The van der Waals surface area contributed by atoms with E-state index >= 15 is 0 Å². The molecule has 72 valence electrons. The quantitative estimate of drug-likeness (QED) is 0.611. The van der Waals surface area contributed by atoms with Crippen molar-refractivity contribution < 1.29 is 5.11 Å². The summed E-state index contributed by atoms with van der Waals surface area (Å²) in [6.07, 6.45) is 0.885. The van der Waals surface area contributed by atoms with Gasteiger partial charge in [0.05, 0.1) is 5.60 Å². The third-order valence-corrected chi connectivity index (χ3v) is 2.86. The second kappa shape index (κ2) is 3.73. The first-order chi connectivity index (χ1) is 5.56. The first-order valence-electron chi connectivity index (χ1n) is 4.62. The fourth-order valence-electron chi connectivity index (χ4n) is 1.82. The van der Waals surface area contributed by atoms with E-state index in [2.05, 4.69) is 17.3 Å². The number of piperidine rings is 1. The molecule has 1 fully saturated rings. The van der Waals surface area contributed by atoms with E-state index in [4.69, 9.17) is 0 Å². The van der Waals surface area contributed by atoms with Gasteiger partial charge < -0.3 is 15.3 Å². The Bertz CT molecular complexity index is 147. The molecule has 3 nitrogen and oxygen atoms in total. The Morgan fingerprint density at radius 3 is 2.92 bits per heavy atom. The van der Waals surface area contributed by atoms with Crippen LogP contribution in [0.4, 0.5) is 0 Å². The van der Waals surface area contributed by atoms with Crippen molar-refractivity contribution in [3.8, 4) is 0 Å². The van der Waals surface area contributed by atoms with Gasteiger partial charge in [0.25, 0.3) is 0 Å². The van der Waals surface area contributed by atoms with E-state index in [1.807, 2.05) is 14.0 Å². The molecule has 0 aromatic rings. The van der Waals surface area contributed by atoms with Crippen LogP contribution in [0.3, 0.4) is 0 Å². The highest BCUT2D eigenvalue weighted by Crippen LogP contribution is 2.26. The van der Waals surface area contributed by atoms with E-state index in [-0.39, 0.29) is 0 Å². The summed E-state index contributed by atoms with van der Waals surface area (Å²) < 4.78 is 0. The van der Waals surface area contributed by atoms with Crippen molar-refractivity contribution in [1.82, 2.24) is 10.2 Å². The van der Waals surface area contributed by atoms with Crippen molar-refractivity contribution in [2.45, 2.75) is 18.9 Å². The Morgan fingerprint density at radius 2 is 2.33 bits per heavy atom. The molecule has 12 heavy (non-hydrogen) atoms. The highest BCUT2D eigenvalue weighted by atomic mass is 16.3. The number of hydrogen-bond acceptors (Lipinski definition) is 3. The van der Waals surface area contributed by atoms with Gasteiger partial charge in [-0.3, -0.25) is 0 Å². The summed E-state index contributed by atoms with van der Waals surface area (Å²) in [6.45, 7) is 4.85. The SMILES string of the molecule is CNCC1CN(C)CCC1(C)O. The van der Waals surface area contributed by atoms with Crippen molar-refractivity contribution in [1.29, 1.82) is 0 Å². The van der Waals surface area contributed by atoms with E-state index < -0.39 is 5.60 Å². The van der Waals surface area contributed by atoms with Crippen LogP contribution in [0.25, 0.3) is 0 Å². The number of nitrogens with one attached hydrogen (secondary N) is 1. The van der Waals surface area contributed by atoms with Crippen LogP contribution in [-0.4, -0.2) is 49.3 Å². The predicted molar refractivity (Wildman–Crippen MR) is 50.2 cm³/mol. The minimum atomic E-state index is -0.477. The lowest BCUT2D eigenvalue weighted by atomic mass is 9.82. The molecule has 0 aromatic carbocycles. The molecule has 3 heteroatoms. The summed E-state index contributed by atoms with van der Waals surface area (Å²) in [5.41, 5.74) is -0.477. The fourth-order valence-corrected chi connectivity index (χ4v) is 1.82. The summed E-state index contributed by atoms with van der Waals surface area (Å²) >= 11 is 0. The summed E-state index contributed by atoms with van der Waals surface area (Å²) in [7, 11) is 4.04. The third kappa shape index (κ3) is 2.19. The normalized spacial score (nSPS) is 38.5. The molecule has 2 N–H and O–H groups in total. The van der Waals surface area contributed by atoms with Crippen molar-refractivity contribution in [2.24, 2.45) is 5.92 Å². The first-order valence-corrected chi connectivity index (χ1v) is 4.62. The van der Waals surface area contributed by atoms with Crippen molar-refractivity contribution in [3.63, 3.8) is 0 Å². The van der Waals surface area contributed by atoms with Crippen LogP contribution in [-0.2, 0) is 0 Å². The molecule has 0 aliphatic carbocycles. The summed E-state index contributed by atoms with van der Waals surface area (Å²) in [5, 5.41) is 13.1. The lowest BCUT2D eigenvalue weighted by Crippen LogP contribution is -2.52. The Labute approximate surface area is 74.8 Å². The highest BCUT2D eigenvalue weighted by molar-refractivity contribution is 4.89. The molecule has 2 unspecified atom stereocenters. The molecule has 0 amide bonds. The molecule has 0 spiro atoms. The molecule has 2 atom stereocenters. The van der Waals surface area contributed by atoms with E-state index in [1.54, 1.807) is 0 Å². The van der Waals surface area contributed by atoms with Gasteiger partial charge >= 0.3 is 0 Å².